The molecule has 0 saturated heterocycles. The normalized spacial score (nSPS) is 11.6. The molecule has 3 rings (SSSR count). The molecule has 22 heavy (non-hydrogen) atoms. The fraction of sp³-hybridized carbons (Fsp3) is 0.0588. The van der Waals surface area contributed by atoms with Crippen LogP contribution >= 0.6 is 23.2 Å². The van der Waals surface area contributed by atoms with E-state index in [9.17, 15) is 5.26 Å². The maximum atomic E-state index is 9.50. The van der Waals surface area contributed by atoms with Crippen LogP contribution in [0.5, 0.6) is 0 Å². The van der Waals surface area contributed by atoms with Crippen molar-refractivity contribution in [2.24, 2.45) is 7.05 Å². The Balaban J connectivity index is 2.16. The number of fused-ring (bicyclic) bond motifs is 1. The summed E-state index contributed by atoms with van der Waals surface area (Å²) in [6, 6.07) is 15.1. The van der Waals surface area contributed by atoms with Crippen LogP contribution in [0.2, 0.25) is 10.0 Å². The van der Waals surface area contributed by atoms with Crippen molar-refractivity contribution in [3.8, 4) is 6.07 Å². The molecule has 0 bridgehead atoms. The number of allylic oxidation sites excluding steroid dienone is 1. The Morgan fingerprint density at radius 1 is 1.23 bits per heavy atom. The molecule has 108 valence electrons. The van der Waals surface area contributed by atoms with Crippen LogP contribution in [0.1, 0.15) is 11.4 Å². The summed E-state index contributed by atoms with van der Waals surface area (Å²) in [4.78, 5) is 4.53. The van der Waals surface area contributed by atoms with Gasteiger partial charge >= 0.3 is 0 Å². The second-order valence-electron chi connectivity index (χ2n) is 4.82. The molecule has 1 heterocycles. The van der Waals surface area contributed by atoms with Crippen LogP contribution < -0.4 is 0 Å². The Labute approximate surface area is 138 Å². The van der Waals surface area contributed by atoms with Gasteiger partial charge in [0.15, 0.2) is 5.82 Å². The van der Waals surface area contributed by atoms with Gasteiger partial charge in [-0.15, -0.1) is 0 Å². The van der Waals surface area contributed by atoms with Gasteiger partial charge in [-0.2, -0.15) is 5.26 Å². The smallest absolute Gasteiger partial charge is 0.151 e. The third-order valence-corrected chi connectivity index (χ3v) is 3.97. The first-order valence-electron chi connectivity index (χ1n) is 6.59. The third-order valence-electron chi connectivity index (χ3n) is 3.41. The van der Waals surface area contributed by atoms with Crippen LogP contribution in [0.15, 0.2) is 42.5 Å². The van der Waals surface area contributed by atoms with Crippen LogP contribution in [0.25, 0.3) is 22.7 Å². The van der Waals surface area contributed by atoms with Crippen molar-refractivity contribution in [3.63, 3.8) is 0 Å². The maximum absolute atomic E-state index is 9.50. The second kappa shape index (κ2) is 5.84. The van der Waals surface area contributed by atoms with Gasteiger partial charge in [0.25, 0.3) is 0 Å². The molecule has 0 amide bonds. The zero-order valence-corrected chi connectivity index (χ0v) is 13.2. The zero-order chi connectivity index (χ0) is 15.7. The SMILES string of the molecule is Cn1c(C(C#N)=Cc2ccc(Cl)cc2Cl)nc2ccccc21. The standard InChI is InChI=1S/C17H11Cl2N3/c1-22-16-5-3-2-4-15(16)21-17(22)12(10-20)8-11-6-7-13(18)9-14(11)19/h2-9H,1H3. The summed E-state index contributed by atoms with van der Waals surface area (Å²) in [5.74, 6) is 0.606. The van der Waals surface area contributed by atoms with E-state index in [2.05, 4.69) is 11.1 Å². The number of imidazole rings is 1. The highest BCUT2D eigenvalue weighted by Gasteiger charge is 2.12. The Bertz CT molecular complexity index is 933. The number of nitrogens with zero attached hydrogens (tertiary/aromatic N) is 3. The molecule has 0 radical (unpaired) electrons. The van der Waals surface area contributed by atoms with Gasteiger partial charge in [0.05, 0.1) is 16.6 Å². The summed E-state index contributed by atoms with van der Waals surface area (Å²) < 4.78 is 1.90. The van der Waals surface area contributed by atoms with E-state index in [0.717, 1.165) is 16.6 Å². The van der Waals surface area contributed by atoms with Crippen molar-refractivity contribution in [1.29, 1.82) is 5.26 Å². The molecule has 0 unspecified atom stereocenters. The lowest BCUT2D eigenvalue weighted by atomic mass is 10.1. The monoisotopic (exact) mass is 327 g/mol. The number of aromatic nitrogens is 2. The van der Waals surface area contributed by atoms with E-state index in [1.807, 2.05) is 35.9 Å². The molecule has 0 fully saturated rings. The number of aryl methyl sites for hydroxylation is 1. The van der Waals surface area contributed by atoms with Crippen LogP contribution in [-0.4, -0.2) is 9.55 Å². The minimum atomic E-state index is 0.447. The van der Waals surface area contributed by atoms with Gasteiger partial charge in [0.2, 0.25) is 0 Å². The molecule has 0 aliphatic carbocycles. The van der Waals surface area contributed by atoms with E-state index in [1.54, 1.807) is 24.3 Å². The van der Waals surface area contributed by atoms with E-state index in [4.69, 9.17) is 23.2 Å². The molecule has 0 aliphatic heterocycles. The number of hydrogen-bond acceptors (Lipinski definition) is 2. The van der Waals surface area contributed by atoms with E-state index in [0.29, 0.717) is 21.4 Å². The Kier molecular flexibility index (Phi) is 3.89. The highest BCUT2D eigenvalue weighted by molar-refractivity contribution is 6.35. The first-order chi connectivity index (χ1) is 10.6. The summed E-state index contributed by atoms with van der Waals surface area (Å²) in [6.45, 7) is 0. The zero-order valence-electron chi connectivity index (χ0n) is 11.7. The van der Waals surface area contributed by atoms with Gasteiger partial charge in [0, 0.05) is 17.1 Å². The fourth-order valence-electron chi connectivity index (χ4n) is 2.31. The van der Waals surface area contributed by atoms with Crippen molar-refractivity contribution in [2.75, 3.05) is 0 Å². The van der Waals surface area contributed by atoms with Gasteiger partial charge in [0.1, 0.15) is 6.07 Å². The van der Waals surface area contributed by atoms with Gasteiger partial charge in [-0.25, -0.2) is 4.98 Å². The third kappa shape index (κ3) is 2.59. The van der Waals surface area contributed by atoms with E-state index < -0.39 is 0 Å². The van der Waals surface area contributed by atoms with Gasteiger partial charge < -0.3 is 4.57 Å². The van der Waals surface area contributed by atoms with Crippen molar-refractivity contribution < 1.29 is 0 Å². The largest absolute Gasteiger partial charge is 0.327 e. The molecule has 0 aliphatic rings. The minimum absolute atomic E-state index is 0.447. The van der Waals surface area contributed by atoms with Crippen LogP contribution in [0.3, 0.4) is 0 Å². The van der Waals surface area contributed by atoms with Crippen molar-refractivity contribution in [3.05, 3.63) is 63.9 Å². The van der Waals surface area contributed by atoms with Crippen molar-refractivity contribution in [1.82, 2.24) is 9.55 Å². The number of hydrogen-bond donors (Lipinski definition) is 0. The van der Waals surface area contributed by atoms with Crippen molar-refractivity contribution in [2.45, 2.75) is 0 Å². The summed E-state index contributed by atoms with van der Waals surface area (Å²) in [7, 11) is 1.89. The van der Waals surface area contributed by atoms with Gasteiger partial charge in [-0.1, -0.05) is 41.4 Å². The molecule has 0 N–H and O–H groups in total. The Morgan fingerprint density at radius 2 is 2.00 bits per heavy atom. The number of halogens is 2. The van der Waals surface area contributed by atoms with Crippen molar-refractivity contribution >= 4 is 45.9 Å². The molecule has 3 aromatic rings. The first kappa shape index (κ1) is 14.6. The summed E-state index contributed by atoms with van der Waals surface area (Å²) >= 11 is 12.1. The summed E-state index contributed by atoms with van der Waals surface area (Å²) in [6.07, 6.45) is 1.72. The van der Waals surface area contributed by atoms with Crippen LogP contribution in [-0.2, 0) is 7.05 Å². The average Bonchev–Trinajstić information content (AvgIpc) is 2.84. The lowest BCUT2D eigenvalue weighted by Crippen LogP contribution is -1.96. The molecular weight excluding hydrogens is 317 g/mol. The fourth-order valence-corrected chi connectivity index (χ4v) is 2.77. The average molecular weight is 328 g/mol. The molecule has 2 aromatic carbocycles. The molecule has 1 aromatic heterocycles. The molecule has 0 spiro atoms. The summed E-state index contributed by atoms with van der Waals surface area (Å²) in [5, 5.41) is 10.6. The highest BCUT2D eigenvalue weighted by Crippen LogP contribution is 2.26. The number of benzene rings is 2. The Morgan fingerprint density at radius 3 is 2.68 bits per heavy atom. The second-order valence-corrected chi connectivity index (χ2v) is 5.66. The highest BCUT2D eigenvalue weighted by atomic mass is 35.5. The number of nitriles is 1. The lowest BCUT2D eigenvalue weighted by Gasteiger charge is -2.03. The van der Waals surface area contributed by atoms with Crippen LogP contribution in [0.4, 0.5) is 0 Å². The molecule has 0 saturated carbocycles. The minimum Gasteiger partial charge on any atom is -0.327 e. The maximum Gasteiger partial charge on any atom is 0.151 e. The first-order valence-corrected chi connectivity index (χ1v) is 7.34. The molecular formula is C17H11Cl2N3. The molecule has 3 nitrogen and oxygen atoms in total. The lowest BCUT2D eigenvalue weighted by molar-refractivity contribution is 0.925. The Hall–Kier alpha value is -2.28. The van der Waals surface area contributed by atoms with E-state index in [1.165, 1.54) is 0 Å². The predicted molar refractivity (Wildman–Crippen MR) is 90.7 cm³/mol. The number of para-hydroxylation sites is 2. The van der Waals surface area contributed by atoms with Gasteiger partial charge in [-0.05, 0) is 35.9 Å². The molecule has 0 atom stereocenters. The topological polar surface area (TPSA) is 41.6 Å². The quantitative estimate of drug-likeness (QED) is 0.625. The predicted octanol–water partition coefficient (Wildman–Crippen LogP) is 4.94. The molecule has 5 heteroatoms. The summed E-state index contributed by atoms with van der Waals surface area (Å²) in [5.41, 5.74) is 3.00. The number of rotatable bonds is 2. The van der Waals surface area contributed by atoms with Gasteiger partial charge in [-0.3, -0.25) is 0 Å². The van der Waals surface area contributed by atoms with E-state index in [-0.39, 0.29) is 0 Å². The van der Waals surface area contributed by atoms with Crippen LogP contribution in [0, 0.1) is 11.3 Å². The van der Waals surface area contributed by atoms with E-state index >= 15 is 0 Å².